The second kappa shape index (κ2) is 10.4. The van der Waals surface area contributed by atoms with E-state index in [0.717, 1.165) is 50.1 Å². The number of hydrogen-bond acceptors (Lipinski definition) is 6. The minimum absolute atomic E-state index is 0.00327. The third-order valence-electron chi connectivity index (χ3n) is 6.91. The van der Waals surface area contributed by atoms with Crippen LogP contribution in [0, 0.1) is 11.7 Å². The number of benzene rings is 1. The van der Waals surface area contributed by atoms with Crippen LogP contribution >= 0.6 is 0 Å². The van der Waals surface area contributed by atoms with Gasteiger partial charge in [-0.2, -0.15) is 0 Å². The fourth-order valence-electron chi connectivity index (χ4n) is 4.83. The molecule has 0 aliphatic carbocycles. The number of anilines is 2. The number of nitrogens with one attached hydrogen (secondary N) is 1. The quantitative estimate of drug-likeness (QED) is 0.655. The molecule has 9 nitrogen and oxygen atoms in total. The summed E-state index contributed by atoms with van der Waals surface area (Å²) >= 11 is 0. The third-order valence-corrected chi connectivity index (χ3v) is 6.91. The van der Waals surface area contributed by atoms with E-state index < -0.39 is 0 Å². The van der Waals surface area contributed by atoms with E-state index in [1.807, 2.05) is 17.0 Å². The van der Waals surface area contributed by atoms with Crippen LogP contribution in [0.4, 0.5) is 15.9 Å². The summed E-state index contributed by atoms with van der Waals surface area (Å²) in [6.45, 7) is 5.63. The van der Waals surface area contributed by atoms with E-state index in [-0.39, 0.29) is 28.9 Å². The highest BCUT2D eigenvalue weighted by molar-refractivity contribution is 5.79. The lowest BCUT2D eigenvalue weighted by Crippen LogP contribution is -2.50. The van der Waals surface area contributed by atoms with Crippen molar-refractivity contribution in [3.05, 3.63) is 57.0 Å². The zero-order chi connectivity index (χ0) is 24.2. The second-order valence-corrected chi connectivity index (χ2v) is 9.10. The van der Waals surface area contributed by atoms with Crippen LogP contribution in [-0.2, 0) is 18.9 Å². The van der Waals surface area contributed by atoms with Crippen LogP contribution in [0.2, 0.25) is 0 Å². The standard InChI is InChI=1S/C24H33FN6O3/c1-27-21(16-22(32)28(2)24(27)34)31-10-5-6-18(17-31)23(33)26-9-11-29-12-14-30(15-13-29)20-8-4-3-7-19(20)25/h3-4,7-8,16,18H,5-6,9-15,17H2,1-2H3,(H,26,33)/t18-/m1/s1. The van der Waals surface area contributed by atoms with Crippen molar-refractivity contribution < 1.29 is 9.18 Å². The molecule has 3 heterocycles. The second-order valence-electron chi connectivity index (χ2n) is 9.10. The molecule has 10 heteroatoms. The maximum atomic E-state index is 14.0. The van der Waals surface area contributed by atoms with Crippen LogP contribution in [0.15, 0.2) is 39.9 Å². The molecule has 2 aliphatic rings. The monoisotopic (exact) mass is 472 g/mol. The number of hydrogen-bond donors (Lipinski definition) is 1. The Hall–Kier alpha value is -3.14. The number of halogens is 1. The van der Waals surface area contributed by atoms with Gasteiger partial charge in [-0.3, -0.25) is 23.6 Å². The summed E-state index contributed by atoms with van der Waals surface area (Å²) in [5.41, 5.74) is -0.0741. The number of piperazine rings is 1. The van der Waals surface area contributed by atoms with Crippen molar-refractivity contribution >= 4 is 17.4 Å². The Kier molecular flexibility index (Phi) is 7.35. The molecule has 184 valence electrons. The number of nitrogens with zero attached hydrogens (tertiary/aromatic N) is 5. The van der Waals surface area contributed by atoms with Gasteiger partial charge >= 0.3 is 5.69 Å². The van der Waals surface area contributed by atoms with Gasteiger partial charge in [0.15, 0.2) is 0 Å². The van der Waals surface area contributed by atoms with Crippen LogP contribution < -0.4 is 26.4 Å². The molecule has 1 aromatic heterocycles. The molecular formula is C24H33FN6O3. The predicted molar refractivity (Wildman–Crippen MR) is 130 cm³/mol. The Morgan fingerprint density at radius 3 is 2.50 bits per heavy atom. The number of carbonyl (C=O) groups excluding carboxylic acids is 1. The van der Waals surface area contributed by atoms with E-state index in [2.05, 4.69) is 15.1 Å². The first-order chi connectivity index (χ1) is 16.3. The first kappa shape index (κ1) is 24.0. The number of para-hydroxylation sites is 1. The predicted octanol–water partition coefficient (Wildman–Crippen LogP) is 0.378. The fraction of sp³-hybridized carbons (Fsp3) is 0.542. The number of amides is 1. The molecule has 2 fully saturated rings. The maximum absolute atomic E-state index is 14.0. The van der Waals surface area contributed by atoms with Crippen LogP contribution in [0.3, 0.4) is 0 Å². The van der Waals surface area contributed by atoms with Gasteiger partial charge in [-0.05, 0) is 25.0 Å². The first-order valence-corrected chi connectivity index (χ1v) is 11.9. The van der Waals surface area contributed by atoms with Gasteiger partial charge in [0.2, 0.25) is 5.91 Å². The molecule has 0 spiro atoms. The van der Waals surface area contributed by atoms with Crippen molar-refractivity contribution in [3.8, 4) is 0 Å². The van der Waals surface area contributed by atoms with Gasteiger partial charge in [0, 0.05) is 72.5 Å². The van der Waals surface area contributed by atoms with E-state index in [0.29, 0.717) is 31.1 Å². The van der Waals surface area contributed by atoms with Crippen molar-refractivity contribution in [3.63, 3.8) is 0 Å². The van der Waals surface area contributed by atoms with E-state index >= 15 is 0 Å². The first-order valence-electron chi connectivity index (χ1n) is 11.9. The highest BCUT2D eigenvalue weighted by Crippen LogP contribution is 2.22. The number of rotatable bonds is 6. The normalized spacial score (nSPS) is 19.3. The van der Waals surface area contributed by atoms with Gasteiger partial charge < -0.3 is 15.1 Å². The zero-order valence-electron chi connectivity index (χ0n) is 19.9. The molecule has 1 aromatic carbocycles. The molecule has 1 amide bonds. The minimum atomic E-state index is -0.371. The number of carbonyl (C=O) groups is 1. The zero-order valence-corrected chi connectivity index (χ0v) is 19.9. The fourth-order valence-corrected chi connectivity index (χ4v) is 4.83. The summed E-state index contributed by atoms with van der Waals surface area (Å²) in [6.07, 6.45) is 1.60. The SMILES string of the molecule is Cn1c(N2CCC[C@@H](C(=O)NCCN3CCN(c4ccccc4F)CC3)C2)cc(=O)n(C)c1=O. The molecule has 2 aromatic rings. The molecule has 1 N–H and O–H groups in total. The minimum Gasteiger partial charge on any atom is -0.367 e. The van der Waals surface area contributed by atoms with Crippen LogP contribution in [0.25, 0.3) is 0 Å². The molecule has 0 saturated carbocycles. The van der Waals surface area contributed by atoms with E-state index in [1.54, 1.807) is 13.1 Å². The Labute approximate surface area is 198 Å². The van der Waals surface area contributed by atoms with Crippen LogP contribution in [-0.4, -0.2) is 72.3 Å². The maximum Gasteiger partial charge on any atom is 0.332 e. The van der Waals surface area contributed by atoms with Crippen LogP contribution in [0.1, 0.15) is 12.8 Å². The van der Waals surface area contributed by atoms with Crippen molar-refractivity contribution in [1.29, 1.82) is 0 Å². The average molecular weight is 473 g/mol. The van der Waals surface area contributed by atoms with Gasteiger partial charge in [0.05, 0.1) is 11.6 Å². The largest absolute Gasteiger partial charge is 0.367 e. The van der Waals surface area contributed by atoms with Gasteiger partial charge in [0.25, 0.3) is 5.56 Å². The lowest BCUT2D eigenvalue weighted by atomic mass is 9.97. The molecule has 1 atom stereocenters. The van der Waals surface area contributed by atoms with Crippen molar-refractivity contribution in [2.24, 2.45) is 20.0 Å². The molecule has 0 radical (unpaired) electrons. The van der Waals surface area contributed by atoms with Gasteiger partial charge in [-0.15, -0.1) is 0 Å². The van der Waals surface area contributed by atoms with Gasteiger partial charge in [-0.25, -0.2) is 9.18 Å². The van der Waals surface area contributed by atoms with E-state index in [9.17, 15) is 18.8 Å². The number of piperidine rings is 1. The topological polar surface area (TPSA) is 82.8 Å². The van der Waals surface area contributed by atoms with E-state index in [4.69, 9.17) is 0 Å². The summed E-state index contributed by atoms with van der Waals surface area (Å²) in [5.74, 6) is 0.174. The average Bonchev–Trinajstić information content (AvgIpc) is 2.86. The summed E-state index contributed by atoms with van der Waals surface area (Å²) in [5, 5.41) is 3.05. The summed E-state index contributed by atoms with van der Waals surface area (Å²) < 4.78 is 16.6. The van der Waals surface area contributed by atoms with Crippen molar-refractivity contribution in [2.75, 3.05) is 62.2 Å². The highest BCUT2D eigenvalue weighted by atomic mass is 19.1. The molecule has 4 rings (SSSR count). The lowest BCUT2D eigenvalue weighted by molar-refractivity contribution is -0.125. The summed E-state index contributed by atoms with van der Waals surface area (Å²) in [4.78, 5) is 43.5. The van der Waals surface area contributed by atoms with Gasteiger partial charge in [0.1, 0.15) is 11.6 Å². The molecule has 2 aliphatic heterocycles. The van der Waals surface area contributed by atoms with Crippen molar-refractivity contribution in [1.82, 2.24) is 19.4 Å². The van der Waals surface area contributed by atoms with Crippen molar-refractivity contribution in [2.45, 2.75) is 12.8 Å². The molecule has 0 bridgehead atoms. The molecular weight excluding hydrogens is 439 g/mol. The summed E-state index contributed by atoms with van der Waals surface area (Å²) in [7, 11) is 3.10. The highest BCUT2D eigenvalue weighted by Gasteiger charge is 2.27. The number of aromatic nitrogens is 2. The van der Waals surface area contributed by atoms with Gasteiger partial charge in [-0.1, -0.05) is 12.1 Å². The Balaban J connectivity index is 1.25. The Bertz CT molecular complexity index is 1140. The third kappa shape index (κ3) is 5.16. The molecule has 2 saturated heterocycles. The smallest absolute Gasteiger partial charge is 0.332 e. The molecule has 34 heavy (non-hydrogen) atoms. The van der Waals surface area contributed by atoms with E-state index in [1.165, 1.54) is 23.7 Å². The summed E-state index contributed by atoms with van der Waals surface area (Å²) in [6, 6.07) is 8.31. The Morgan fingerprint density at radius 1 is 1.03 bits per heavy atom. The Morgan fingerprint density at radius 2 is 1.76 bits per heavy atom. The lowest BCUT2D eigenvalue weighted by Gasteiger charge is -2.36. The van der Waals surface area contributed by atoms with Crippen LogP contribution in [0.5, 0.6) is 0 Å². The molecule has 0 unspecified atom stereocenters.